The average molecular weight is 363 g/mol. The molecule has 5 N–H and O–H groups in total. The van der Waals surface area contributed by atoms with Gasteiger partial charge >= 0.3 is 11.9 Å². The zero-order chi connectivity index (χ0) is 19.5. The molecule has 0 aliphatic rings. The van der Waals surface area contributed by atoms with Crippen molar-refractivity contribution in [1.82, 2.24) is 10.6 Å². The van der Waals surface area contributed by atoms with Crippen LogP contribution >= 0.6 is 0 Å². The Hall–Kier alpha value is -3.20. The number of aliphatic carboxylic acids is 1. The maximum Gasteiger partial charge on any atom is 0.330 e. The Balaban J connectivity index is 2.55. The average Bonchev–Trinajstić information content (AvgIpc) is 2.63. The number of amides is 2. The molecule has 26 heavy (non-hydrogen) atoms. The molecule has 0 aliphatic carbocycles. The van der Waals surface area contributed by atoms with Crippen molar-refractivity contribution >= 4 is 23.8 Å². The Morgan fingerprint density at radius 2 is 1.85 bits per heavy atom. The van der Waals surface area contributed by atoms with Crippen LogP contribution in [0.3, 0.4) is 0 Å². The third kappa shape index (κ3) is 7.58. The molecule has 140 valence electrons. The van der Waals surface area contributed by atoms with Gasteiger partial charge < -0.3 is 26.2 Å². The molecule has 2 amide bonds. The maximum atomic E-state index is 12.1. The van der Waals surface area contributed by atoms with Crippen LogP contribution in [-0.4, -0.2) is 54.6 Å². The van der Waals surface area contributed by atoms with Crippen LogP contribution in [0.4, 0.5) is 0 Å². The second-order valence-electron chi connectivity index (χ2n) is 5.30. The van der Waals surface area contributed by atoms with E-state index in [4.69, 9.17) is 10.8 Å². The molecule has 1 aromatic carbocycles. The normalized spacial score (nSPS) is 12.8. The van der Waals surface area contributed by atoms with Gasteiger partial charge in [0.2, 0.25) is 11.8 Å². The summed E-state index contributed by atoms with van der Waals surface area (Å²) in [5, 5.41) is 13.7. The van der Waals surface area contributed by atoms with E-state index in [0.717, 1.165) is 24.8 Å². The number of methoxy groups -OCH3 is 1. The first-order valence-electron chi connectivity index (χ1n) is 7.70. The third-order valence-corrected chi connectivity index (χ3v) is 3.30. The van der Waals surface area contributed by atoms with E-state index in [1.165, 1.54) is 0 Å². The fourth-order valence-corrected chi connectivity index (χ4v) is 1.91. The number of hydrogen-bond donors (Lipinski definition) is 4. The van der Waals surface area contributed by atoms with Gasteiger partial charge in [-0.2, -0.15) is 0 Å². The van der Waals surface area contributed by atoms with Gasteiger partial charge in [0.1, 0.15) is 6.04 Å². The summed E-state index contributed by atoms with van der Waals surface area (Å²) >= 11 is 0. The Morgan fingerprint density at radius 1 is 1.19 bits per heavy atom. The van der Waals surface area contributed by atoms with Gasteiger partial charge in [0.05, 0.1) is 13.2 Å². The van der Waals surface area contributed by atoms with Crippen LogP contribution < -0.4 is 16.4 Å². The van der Waals surface area contributed by atoms with Gasteiger partial charge in [-0.25, -0.2) is 9.59 Å². The van der Waals surface area contributed by atoms with E-state index >= 15 is 0 Å². The minimum Gasteiger partial charge on any atom is -0.480 e. The molecule has 0 heterocycles. The molecule has 0 aromatic heterocycles. The van der Waals surface area contributed by atoms with E-state index < -0.39 is 35.8 Å². The number of nitrogens with one attached hydrogen (secondary N) is 2. The molecule has 0 spiro atoms. The molecule has 0 bridgehead atoms. The van der Waals surface area contributed by atoms with E-state index in [2.05, 4.69) is 15.4 Å². The topological polar surface area (TPSA) is 148 Å². The first kappa shape index (κ1) is 20.8. The van der Waals surface area contributed by atoms with Crippen molar-refractivity contribution in [3.8, 4) is 0 Å². The van der Waals surface area contributed by atoms with Crippen molar-refractivity contribution in [3.63, 3.8) is 0 Å². The highest BCUT2D eigenvalue weighted by atomic mass is 16.5. The van der Waals surface area contributed by atoms with E-state index in [9.17, 15) is 19.2 Å². The SMILES string of the molecule is COC(=O)/C=C/C(=O)NC[C@@H](NC(=O)[C@@H](N)Cc1ccccc1)C(=O)O. The lowest BCUT2D eigenvalue weighted by molar-refractivity contribution is -0.142. The number of carboxylic acid groups (broad SMARTS) is 1. The van der Waals surface area contributed by atoms with Crippen molar-refractivity contribution in [2.75, 3.05) is 13.7 Å². The summed E-state index contributed by atoms with van der Waals surface area (Å²) in [6, 6.07) is 6.74. The van der Waals surface area contributed by atoms with Crippen molar-refractivity contribution in [2.45, 2.75) is 18.5 Å². The Labute approximate surface area is 150 Å². The van der Waals surface area contributed by atoms with Crippen LogP contribution in [0.15, 0.2) is 42.5 Å². The first-order valence-corrected chi connectivity index (χ1v) is 7.70. The number of carbonyl (C=O) groups is 4. The van der Waals surface area contributed by atoms with Crippen LogP contribution in [0.5, 0.6) is 0 Å². The van der Waals surface area contributed by atoms with Gasteiger partial charge in [-0.15, -0.1) is 0 Å². The third-order valence-electron chi connectivity index (χ3n) is 3.30. The van der Waals surface area contributed by atoms with E-state index in [-0.39, 0.29) is 13.0 Å². The van der Waals surface area contributed by atoms with Crippen molar-refractivity contribution in [2.24, 2.45) is 5.73 Å². The lowest BCUT2D eigenvalue weighted by Crippen LogP contribution is -2.53. The molecule has 9 nitrogen and oxygen atoms in total. The quantitative estimate of drug-likeness (QED) is 0.324. The smallest absolute Gasteiger partial charge is 0.330 e. The van der Waals surface area contributed by atoms with Gasteiger partial charge in [0.15, 0.2) is 0 Å². The highest BCUT2D eigenvalue weighted by Crippen LogP contribution is 2.02. The van der Waals surface area contributed by atoms with E-state index in [1.807, 2.05) is 6.07 Å². The Kier molecular flexibility index (Phi) is 8.51. The van der Waals surface area contributed by atoms with Gasteiger partial charge in [0, 0.05) is 18.7 Å². The largest absolute Gasteiger partial charge is 0.480 e. The number of hydrogen-bond acceptors (Lipinski definition) is 6. The second kappa shape index (κ2) is 10.6. The predicted octanol–water partition coefficient (Wildman–Crippen LogP) is -1.03. The Bertz CT molecular complexity index is 674. The standard InChI is InChI=1S/C17H21N3O6/c1-26-15(22)8-7-14(21)19-10-13(17(24)25)20-16(23)12(18)9-11-5-3-2-4-6-11/h2-8,12-13H,9-10,18H2,1H3,(H,19,21)(H,20,23)(H,24,25)/b8-7+/t12-,13+/m0/s1. The van der Waals surface area contributed by atoms with Crippen LogP contribution in [0.2, 0.25) is 0 Å². The minimum atomic E-state index is -1.36. The van der Waals surface area contributed by atoms with Gasteiger partial charge in [-0.1, -0.05) is 30.3 Å². The number of carboxylic acids is 1. The van der Waals surface area contributed by atoms with Gasteiger partial charge in [0.25, 0.3) is 0 Å². The fourth-order valence-electron chi connectivity index (χ4n) is 1.91. The molecule has 0 aliphatic heterocycles. The highest BCUT2D eigenvalue weighted by molar-refractivity contribution is 5.95. The van der Waals surface area contributed by atoms with Crippen LogP contribution in [0, 0.1) is 0 Å². The molecule has 1 rings (SSSR count). The molecule has 9 heteroatoms. The highest BCUT2D eigenvalue weighted by Gasteiger charge is 2.23. The maximum absolute atomic E-state index is 12.1. The van der Waals surface area contributed by atoms with Crippen LogP contribution in [0.1, 0.15) is 5.56 Å². The molecule has 0 unspecified atom stereocenters. The summed E-state index contributed by atoms with van der Waals surface area (Å²) in [5.41, 5.74) is 6.63. The summed E-state index contributed by atoms with van der Waals surface area (Å²) in [4.78, 5) is 45.7. The Morgan fingerprint density at radius 3 is 2.42 bits per heavy atom. The van der Waals surface area contributed by atoms with Crippen molar-refractivity contribution in [1.29, 1.82) is 0 Å². The molecule has 0 saturated heterocycles. The molecule has 1 aromatic rings. The number of nitrogens with two attached hydrogens (primary N) is 1. The number of esters is 1. The summed E-state index contributed by atoms with van der Waals surface area (Å²) < 4.78 is 4.32. The minimum absolute atomic E-state index is 0.243. The molecular weight excluding hydrogens is 342 g/mol. The summed E-state index contributed by atoms with van der Waals surface area (Å²) in [7, 11) is 1.15. The van der Waals surface area contributed by atoms with Crippen LogP contribution in [-0.2, 0) is 30.3 Å². The second-order valence-corrected chi connectivity index (χ2v) is 5.30. The van der Waals surface area contributed by atoms with Crippen molar-refractivity contribution in [3.05, 3.63) is 48.0 Å². The zero-order valence-corrected chi connectivity index (χ0v) is 14.2. The molecule has 2 atom stereocenters. The lowest BCUT2D eigenvalue weighted by atomic mass is 10.1. The summed E-state index contributed by atoms with van der Waals surface area (Å²) in [6.45, 7) is -0.372. The first-order chi connectivity index (χ1) is 12.3. The summed E-state index contributed by atoms with van der Waals surface area (Å²) in [6.07, 6.45) is 2.03. The zero-order valence-electron chi connectivity index (χ0n) is 14.2. The predicted molar refractivity (Wildman–Crippen MR) is 91.9 cm³/mol. The monoisotopic (exact) mass is 363 g/mol. The van der Waals surface area contributed by atoms with Gasteiger partial charge in [-0.05, 0) is 12.0 Å². The molecule has 0 fully saturated rings. The summed E-state index contributed by atoms with van der Waals surface area (Å²) in [5.74, 6) is -3.41. The molecular formula is C17H21N3O6. The number of benzene rings is 1. The van der Waals surface area contributed by atoms with Crippen LogP contribution in [0.25, 0.3) is 0 Å². The van der Waals surface area contributed by atoms with E-state index in [0.29, 0.717) is 0 Å². The van der Waals surface area contributed by atoms with E-state index in [1.54, 1.807) is 24.3 Å². The number of ether oxygens (including phenoxy) is 1. The number of rotatable bonds is 9. The van der Waals surface area contributed by atoms with Crippen molar-refractivity contribution < 1.29 is 29.0 Å². The molecule has 0 saturated carbocycles. The lowest BCUT2D eigenvalue weighted by Gasteiger charge is -2.18. The molecule has 0 radical (unpaired) electrons. The number of carbonyl (C=O) groups excluding carboxylic acids is 3. The van der Waals surface area contributed by atoms with Gasteiger partial charge in [-0.3, -0.25) is 9.59 Å². The fraction of sp³-hybridized carbons (Fsp3) is 0.294.